The summed E-state index contributed by atoms with van der Waals surface area (Å²) in [6.07, 6.45) is 0. The van der Waals surface area contributed by atoms with Gasteiger partial charge in [-0.05, 0) is 146 Å². The summed E-state index contributed by atoms with van der Waals surface area (Å²) >= 11 is 11.8. The maximum atomic E-state index is 13.2. The average molecular weight is 664 g/mol. The van der Waals surface area contributed by atoms with Gasteiger partial charge in [0.2, 0.25) is 0 Å². The molecule has 5 nitrogen and oxygen atoms in total. The van der Waals surface area contributed by atoms with Crippen molar-refractivity contribution in [3.8, 4) is 23.0 Å². The molecular weight excluding hydrogens is 639 g/mol. The molecule has 0 saturated carbocycles. The van der Waals surface area contributed by atoms with E-state index in [9.17, 15) is 13.8 Å². The van der Waals surface area contributed by atoms with Crippen molar-refractivity contribution in [2.45, 2.75) is 9.79 Å². The van der Waals surface area contributed by atoms with E-state index in [0.717, 1.165) is 0 Å². The molecule has 0 aromatic heterocycles. The van der Waals surface area contributed by atoms with Gasteiger partial charge in [-0.25, -0.2) is 4.21 Å². The second kappa shape index (κ2) is 14.0. The van der Waals surface area contributed by atoms with Crippen LogP contribution in [0.5, 0.6) is 23.0 Å². The molecule has 0 aliphatic rings. The first-order chi connectivity index (χ1) is 22.3. The lowest BCUT2D eigenvalue weighted by molar-refractivity contribution is 0.103. The van der Waals surface area contributed by atoms with Crippen LogP contribution in [0, 0.1) is 0 Å². The van der Waals surface area contributed by atoms with Crippen LogP contribution in [0.25, 0.3) is 0 Å². The van der Waals surface area contributed by atoms with Crippen LogP contribution < -0.4 is 9.47 Å². The topological polar surface area (TPSA) is 69.7 Å². The number of hydrogen-bond acceptors (Lipinski definition) is 5. The summed E-state index contributed by atoms with van der Waals surface area (Å²) < 4.78 is 25.1. The van der Waals surface area contributed by atoms with E-state index in [2.05, 4.69) is 0 Å². The van der Waals surface area contributed by atoms with Crippen molar-refractivity contribution in [2.24, 2.45) is 0 Å². The summed E-state index contributed by atoms with van der Waals surface area (Å²) in [5.41, 5.74) is 2.19. The van der Waals surface area contributed by atoms with Crippen molar-refractivity contribution in [2.75, 3.05) is 0 Å². The molecule has 6 aromatic carbocycles. The molecule has 0 fully saturated rings. The van der Waals surface area contributed by atoms with Crippen molar-refractivity contribution in [3.05, 3.63) is 178 Å². The molecule has 6 rings (SSSR count). The molecule has 0 bridgehead atoms. The predicted molar refractivity (Wildman–Crippen MR) is 180 cm³/mol. The van der Waals surface area contributed by atoms with E-state index in [4.69, 9.17) is 32.7 Å². The van der Waals surface area contributed by atoms with Gasteiger partial charge in [0, 0.05) is 42.1 Å². The number of carbonyl (C=O) groups excluding carboxylic acids is 2. The van der Waals surface area contributed by atoms with Crippen LogP contribution in [0.1, 0.15) is 31.8 Å². The molecule has 0 radical (unpaired) electrons. The third-order valence-electron chi connectivity index (χ3n) is 6.99. The summed E-state index contributed by atoms with van der Waals surface area (Å²) in [4.78, 5) is 26.6. The number of rotatable bonds is 10. The van der Waals surface area contributed by atoms with Gasteiger partial charge < -0.3 is 9.47 Å². The number of ketones is 2. The van der Waals surface area contributed by atoms with Crippen LogP contribution >= 0.6 is 23.2 Å². The average Bonchev–Trinajstić information content (AvgIpc) is 3.09. The Hall–Kier alpha value is -5.01. The number of benzene rings is 6. The summed E-state index contributed by atoms with van der Waals surface area (Å²) in [6, 6.07) is 41.3. The van der Waals surface area contributed by atoms with Crippen molar-refractivity contribution in [3.63, 3.8) is 0 Å². The maximum absolute atomic E-state index is 13.2. The molecule has 0 atom stereocenters. The molecule has 0 N–H and O–H groups in total. The normalized spacial score (nSPS) is 10.8. The highest BCUT2D eigenvalue weighted by Gasteiger charge is 2.12. The Bertz CT molecular complexity index is 1860. The summed E-state index contributed by atoms with van der Waals surface area (Å²) in [7, 11) is -1.42. The second-order valence-electron chi connectivity index (χ2n) is 10.1. The van der Waals surface area contributed by atoms with E-state index in [1.54, 1.807) is 146 Å². The zero-order chi connectivity index (χ0) is 32.0. The van der Waals surface area contributed by atoms with Gasteiger partial charge in [0.15, 0.2) is 11.6 Å². The first kappa shape index (κ1) is 31.0. The zero-order valence-corrected chi connectivity index (χ0v) is 26.4. The summed E-state index contributed by atoms with van der Waals surface area (Å²) in [5, 5.41) is 1.15. The van der Waals surface area contributed by atoms with Gasteiger partial charge in [-0.1, -0.05) is 23.2 Å². The molecule has 226 valence electrons. The number of ether oxygens (including phenoxy) is 2. The third kappa shape index (κ3) is 7.44. The lowest BCUT2D eigenvalue weighted by atomic mass is 10.0. The largest absolute Gasteiger partial charge is 0.457 e. The fourth-order valence-corrected chi connectivity index (χ4v) is 5.85. The minimum absolute atomic E-state index is 0.104. The Balaban J connectivity index is 1.04. The van der Waals surface area contributed by atoms with Crippen molar-refractivity contribution >= 4 is 45.6 Å². The lowest BCUT2D eigenvalue weighted by Crippen LogP contribution is -2.00. The number of carbonyl (C=O) groups is 2. The van der Waals surface area contributed by atoms with Gasteiger partial charge in [0.25, 0.3) is 0 Å². The highest BCUT2D eigenvalue weighted by atomic mass is 35.5. The molecule has 46 heavy (non-hydrogen) atoms. The summed E-state index contributed by atoms with van der Waals surface area (Å²) in [6.45, 7) is 0. The Morgan fingerprint density at radius 2 is 0.630 bits per heavy atom. The second-order valence-corrected chi connectivity index (χ2v) is 12.5. The molecule has 0 aliphatic heterocycles. The Labute approximate surface area is 278 Å². The molecule has 0 spiro atoms. The fraction of sp³-hybridized carbons (Fsp3) is 0. The quantitative estimate of drug-likeness (QED) is 0.137. The predicted octanol–water partition coefficient (Wildman–Crippen LogP) is 10.2. The van der Waals surface area contributed by atoms with Crippen LogP contribution in [0.3, 0.4) is 0 Å². The molecule has 8 heteroatoms. The minimum atomic E-state index is -1.42. The molecule has 0 amide bonds. The first-order valence-electron chi connectivity index (χ1n) is 14.1. The Kier molecular flexibility index (Phi) is 9.41. The lowest BCUT2D eigenvalue weighted by Gasteiger charge is -2.09. The van der Waals surface area contributed by atoms with Crippen molar-refractivity contribution < 1.29 is 23.3 Å². The Morgan fingerprint density at radius 3 is 0.913 bits per heavy atom. The fourth-order valence-electron chi connectivity index (χ4n) is 4.56. The molecular formula is C38H24Cl2O5S. The number of hydrogen-bond donors (Lipinski definition) is 0. The molecule has 0 aliphatic carbocycles. The highest BCUT2D eigenvalue weighted by Crippen LogP contribution is 2.28. The first-order valence-corrected chi connectivity index (χ1v) is 16.0. The van der Waals surface area contributed by atoms with E-state index >= 15 is 0 Å². The van der Waals surface area contributed by atoms with E-state index in [0.29, 0.717) is 65.1 Å². The van der Waals surface area contributed by atoms with E-state index in [-0.39, 0.29) is 11.6 Å². The highest BCUT2D eigenvalue weighted by molar-refractivity contribution is 7.85. The standard InChI is InChI=1S/C38H24Cl2O5S/c39-29-9-1-25(2-10-29)37(41)27-5-13-31(14-6-27)44-33-17-21-35(22-18-33)46(43)36-23-19-34(20-24-36)45-32-15-7-28(8-16-32)38(42)26-3-11-30(40)12-4-26/h1-24H. The van der Waals surface area contributed by atoms with Gasteiger partial charge in [-0.2, -0.15) is 0 Å². The van der Waals surface area contributed by atoms with Gasteiger partial charge in [-0.15, -0.1) is 0 Å². The molecule has 6 aromatic rings. The van der Waals surface area contributed by atoms with Crippen LogP contribution in [0.15, 0.2) is 155 Å². The molecule has 0 unspecified atom stereocenters. The van der Waals surface area contributed by atoms with Crippen LogP contribution in [-0.2, 0) is 10.8 Å². The van der Waals surface area contributed by atoms with Gasteiger partial charge in [0.05, 0.1) is 10.8 Å². The smallest absolute Gasteiger partial charge is 0.193 e. The van der Waals surface area contributed by atoms with Gasteiger partial charge in [-0.3, -0.25) is 9.59 Å². The van der Waals surface area contributed by atoms with Crippen LogP contribution in [-0.4, -0.2) is 15.8 Å². The van der Waals surface area contributed by atoms with Crippen LogP contribution in [0.4, 0.5) is 0 Å². The third-order valence-corrected chi connectivity index (χ3v) is 8.90. The van der Waals surface area contributed by atoms with Crippen LogP contribution in [0.2, 0.25) is 10.0 Å². The van der Waals surface area contributed by atoms with E-state index in [1.165, 1.54) is 0 Å². The Morgan fingerprint density at radius 1 is 0.391 bits per heavy atom. The summed E-state index contributed by atoms with van der Waals surface area (Å²) in [5.74, 6) is 2.07. The minimum Gasteiger partial charge on any atom is -0.457 e. The van der Waals surface area contributed by atoms with E-state index in [1.807, 2.05) is 0 Å². The van der Waals surface area contributed by atoms with Gasteiger partial charge in [0.1, 0.15) is 23.0 Å². The molecule has 0 heterocycles. The maximum Gasteiger partial charge on any atom is 0.193 e. The molecule has 0 saturated heterocycles. The van der Waals surface area contributed by atoms with Crippen molar-refractivity contribution in [1.82, 2.24) is 0 Å². The van der Waals surface area contributed by atoms with E-state index < -0.39 is 10.8 Å². The van der Waals surface area contributed by atoms with Gasteiger partial charge >= 0.3 is 0 Å². The zero-order valence-electron chi connectivity index (χ0n) is 24.1. The van der Waals surface area contributed by atoms with Crippen molar-refractivity contribution in [1.29, 1.82) is 0 Å². The SMILES string of the molecule is O=C(c1ccc(Cl)cc1)c1ccc(Oc2ccc(S(=O)c3ccc(Oc4ccc(C(=O)c5ccc(Cl)cc5)cc4)cc3)cc2)cc1. The number of halogens is 2. The monoisotopic (exact) mass is 662 g/mol.